The van der Waals surface area contributed by atoms with Gasteiger partial charge in [-0.15, -0.1) is 0 Å². The van der Waals surface area contributed by atoms with Crippen LogP contribution in [0, 0.1) is 25.2 Å². The number of aromatic amines is 1. The fourth-order valence-electron chi connectivity index (χ4n) is 3.01. The van der Waals surface area contributed by atoms with Gasteiger partial charge in [0, 0.05) is 35.9 Å². The van der Waals surface area contributed by atoms with Crippen molar-refractivity contribution in [3.8, 4) is 11.8 Å². The molecule has 0 saturated carbocycles. The third-order valence-electron chi connectivity index (χ3n) is 4.48. The molecule has 2 aromatic heterocycles. The molecule has 0 spiro atoms. The van der Waals surface area contributed by atoms with Gasteiger partial charge in [-0.25, -0.2) is 4.98 Å². The van der Waals surface area contributed by atoms with E-state index in [2.05, 4.69) is 15.3 Å². The highest BCUT2D eigenvalue weighted by Gasteiger charge is 2.13. The summed E-state index contributed by atoms with van der Waals surface area (Å²) in [4.78, 5) is 30.7. The Morgan fingerprint density at radius 2 is 2.04 bits per heavy atom. The molecule has 0 aliphatic carbocycles. The van der Waals surface area contributed by atoms with Crippen molar-refractivity contribution >= 4 is 11.6 Å². The molecule has 2 N–H and O–H groups in total. The molecule has 7 nitrogen and oxygen atoms in total. The number of hydrogen-bond donors (Lipinski definition) is 2. The Morgan fingerprint density at radius 3 is 2.67 bits per heavy atom. The molecule has 0 aliphatic heterocycles. The largest absolute Gasteiger partial charge is 0.326 e. The van der Waals surface area contributed by atoms with Crippen LogP contribution in [0.25, 0.3) is 5.69 Å². The average Bonchev–Trinajstić information content (AvgIpc) is 3.17. The monoisotopic (exact) mass is 361 g/mol. The quantitative estimate of drug-likeness (QED) is 0.729. The van der Waals surface area contributed by atoms with Gasteiger partial charge in [0.05, 0.1) is 6.33 Å². The lowest BCUT2D eigenvalue weighted by atomic mass is 9.99. The summed E-state index contributed by atoms with van der Waals surface area (Å²) in [7, 11) is 0. The number of amides is 1. The normalized spacial score (nSPS) is 10.4. The summed E-state index contributed by atoms with van der Waals surface area (Å²) < 4.78 is 1.88. The van der Waals surface area contributed by atoms with Gasteiger partial charge < -0.3 is 14.9 Å². The topological polar surface area (TPSA) is 104 Å². The molecular weight excluding hydrogens is 342 g/mol. The van der Waals surface area contributed by atoms with Gasteiger partial charge in [-0.3, -0.25) is 9.59 Å². The number of nitriles is 1. The van der Waals surface area contributed by atoms with E-state index in [9.17, 15) is 9.59 Å². The molecule has 0 radical (unpaired) electrons. The Morgan fingerprint density at radius 1 is 1.30 bits per heavy atom. The lowest BCUT2D eigenvalue weighted by Crippen LogP contribution is -2.18. The van der Waals surface area contributed by atoms with Crippen molar-refractivity contribution in [1.82, 2.24) is 14.5 Å². The Kier molecular flexibility index (Phi) is 5.18. The minimum Gasteiger partial charge on any atom is -0.326 e. The van der Waals surface area contributed by atoms with Gasteiger partial charge in [0.25, 0.3) is 5.56 Å². The first kappa shape index (κ1) is 18.1. The van der Waals surface area contributed by atoms with E-state index >= 15 is 0 Å². The van der Waals surface area contributed by atoms with Crippen molar-refractivity contribution in [3.63, 3.8) is 0 Å². The van der Waals surface area contributed by atoms with Crippen LogP contribution in [-0.2, 0) is 11.2 Å². The van der Waals surface area contributed by atoms with E-state index in [4.69, 9.17) is 5.26 Å². The Hall–Kier alpha value is -3.66. The molecule has 2 heterocycles. The maximum Gasteiger partial charge on any atom is 0.266 e. The van der Waals surface area contributed by atoms with E-state index in [0.29, 0.717) is 23.4 Å². The van der Waals surface area contributed by atoms with Crippen LogP contribution in [0.5, 0.6) is 0 Å². The summed E-state index contributed by atoms with van der Waals surface area (Å²) in [6.45, 7) is 3.51. The van der Waals surface area contributed by atoms with Crippen molar-refractivity contribution in [2.24, 2.45) is 0 Å². The number of nitrogens with one attached hydrogen (secondary N) is 2. The molecule has 3 rings (SSSR count). The van der Waals surface area contributed by atoms with Gasteiger partial charge in [0.2, 0.25) is 5.91 Å². The second-order valence-corrected chi connectivity index (χ2v) is 6.23. The molecule has 3 aromatic rings. The molecule has 0 atom stereocenters. The zero-order valence-corrected chi connectivity index (χ0v) is 15.1. The first-order chi connectivity index (χ1) is 13.0. The van der Waals surface area contributed by atoms with Crippen LogP contribution < -0.4 is 10.9 Å². The highest BCUT2D eigenvalue weighted by molar-refractivity contribution is 5.90. The van der Waals surface area contributed by atoms with E-state index in [1.54, 1.807) is 26.4 Å². The molecule has 1 amide bonds. The van der Waals surface area contributed by atoms with E-state index in [1.807, 2.05) is 41.1 Å². The Bertz CT molecular complexity index is 1060. The number of aromatic nitrogens is 3. The van der Waals surface area contributed by atoms with Crippen LogP contribution >= 0.6 is 0 Å². The van der Waals surface area contributed by atoms with E-state index < -0.39 is 5.56 Å². The predicted octanol–water partition coefficient (Wildman–Crippen LogP) is 2.62. The van der Waals surface area contributed by atoms with Crippen molar-refractivity contribution < 1.29 is 4.79 Å². The summed E-state index contributed by atoms with van der Waals surface area (Å²) >= 11 is 0. The lowest BCUT2D eigenvalue weighted by Gasteiger charge is -2.11. The predicted molar refractivity (Wildman–Crippen MR) is 102 cm³/mol. The molecule has 136 valence electrons. The SMILES string of the molecule is Cc1[nH]c(=O)c(C#N)c(C)c1CCC(=O)Nc1ccc(-n2ccnc2)cc1. The second kappa shape index (κ2) is 7.70. The number of hydrogen-bond acceptors (Lipinski definition) is 4. The van der Waals surface area contributed by atoms with Crippen molar-refractivity contribution in [1.29, 1.82) is 5.26 Å². The van der Waals surface area contributed by atoms with Gasteiger partial charge in [-0.1, -0.05) is 0 Å². The second-order valence-electron chi connectivity index (χ2n) is 6.23. The highest BCUT2D eigenvalue weighted by Crippen LogP contribution is 2.17. The summed E-state index contributed by atoms with van der Waals surface area (Å²) in [5.41, 5.74) is 3.53. The molecule has 1 aromatic carbocycles. The molecule has 7 heteroatoms. The zero-order chi connectivity index (χ0) is 19.4. The Labute approximate surface area is 156 Å². The minimum absolute atomic E-state index is 0.103. The summed E-state index contributed by atoms with van der Waals surface area (Å²) in [6, 6.07) is 9.38. The van der Waals surface area contributed by atoms with Crippen LogP contribution in [0.1, 0.15) is 28.8 Å². The molecule has 0 saturated heterocycles. The Balaban J connectivity index is 1.65. The van der Waals surface area contributed by atoms with Crippen molar-refractivity contribution in [3.05, 3.63) is 75.7 Å². The molecule has 0 bridgehead atoms. The third-order valence-corrected chi connectivity index (χ3v) is 4.48. The number of H-pyrrole nitrogens is 1. The average molecular weight is 361 g/mol. The molecular formula is C20H19N5O2. The fraction of sp³-hybridized carbons (Fsp3) is 0.200. The van der Waals surface area contributed by atoms with Crippen LogP contribution in [-0.4, -0.2) is 20.4 Å². The van der Waals surface area contributed by atoms with Crippen molar-refractivity contribution in [2.75, 3.05) is 5.32 Å². The highest BCUT2D eigenvalue weighted by atomic mass is 16.1. The third kappa shape index (κ3) is 3.96. The lowest BCUT2D eigenvalue weighted by molar-refractivity contribution is -0.116. The number of imidazole rings is 1. The van der Waals surface area contributed by atoms with E-state index in [1.165, 1.54) is 0 Å². The number of rotatable bonds is 5. The number of nitrogens with zero attached hydrogens (tertiary/aromatic N) is 3. The maximum absolute atomic E-state index is 12.3. The van der Waals surface area contributed by atoms with Crippen LogP contribution in [0.3, 0.4) is 0 Å². The van der Waals surface area contributed by atoms with E-state index in [0.717, 1.165) is 11.3 Å². The number of aryl methyl sites for hydroxylation is 1. The molecule has 0 fully saturated rings. The standard InChI is InChI=1S/C20H19N5O2/c1-13-17(14(2)23-20(27)18(13)11-21)7-8-19(26)24-15-3-5-16(6-4-15)25-10-9-22-12-25/h3-6,9-10,12H,7-8H2,1-2H3,(H,23,27)(H,24,26). The van der Waals surface area contributed by atoms with Gasteiger partial charge in [-0.05, 0) is 55.7 Å². The molecule has 0 aliphatic rings. The smallest absolute Gasteiger partial charge is 0.266 e. The summed E-state index contributed by atoms with van der Waals surface area (Å²) in [6.07, 6.45) is 5.95. The molecule has 0 unspecified atom stereocenters. The van der Waals surface area contributed by atoms with Crippen LogP contribution in [0.15, 0.2) is 47.8 Å². The van der Waals surface area contributed by atoms with E-state index in [-0.39, 0.29) is 17.9 Å². The first-order valence-electron chi connectivity index (χ1n) is 8.50. The summed E-state index contributed by atoms with van der Waals surface area (Å²) in [5.74, 6) is -0.131. The van der Waals surface area contributed by atoms with Gasteiger partial charge in [0.1, 0.15) is 11.6 Å². The number of carbonyl (C=O) groups excluding carboxylic acids is 1. The van der Waals surface area contributed by atoms with Gasteiger partial charge in [0.15, 0.2) is 0 Å². The number of carbonyl (C=O) groups is 1. The summed E-state index contributed by atoms with van der Waals surface area (Å²) in [5, 5.41) is 12.0. The number of benzene rings is 1. The maximum atomic E-state index is 12.3. The minimum atomic E-state index is -0.390. The zero-order valence-electron chi connectivity index (χ0n) is 15.1. The fourth-order valence-corrected chi connectivity index (χ4v) is 3.01. The number of pyridine rings is 1. The van der Waals surface area contributed by atoms with Crippen LogP contribution in [0.2, 0.25) is 0 Å². The molecule has 27 heavy (non-hydrogen) atoms. The first-order valence-corrected chi connectivity index (χ1v) is 8.50. The van der Waals surface area contributed by atoms with Crippen LogP contribution in [0.4, 0.5) is 5.69 Å². The van der Waals surface area contributed by atoms with Gasteiger partial charge in [-0.2, -0.15) is 5.26 Å². The van der Waals surface area contributed by atoms with Gasteiger partial charge >= 0.3 is 0 Å². The van der Waals surface area contributed by atoms with Crippen molar-refractivity contribution in [2.45, 2.75) is 26.7 Å². The number of anilines is 1.